The number of hydrogen-bond acceptors (Lipinski definition) is 3. The summed E-state index contributed by atoms with van der Waals surface area (Å²) >= 11 is 0. The van der Waals surface area contributed by atoms with E-state index in [0.29, 0.717) is 11.4 Å². The molecule has 1 aromatic carbocycles. The van der Waals surface area contributed by atoms with Gasteiger partial charge in [-0.2, -0.15) is 0 Å². The van der Waals surface area contributed by atoms with Gasteiger partial charge in [0.1, 0.15) is 5.75 Å². The molecule has 0 N–H and O–H groups in total. The van der Waals surface area contributed by atoms with E-state index in [9.17, 15) is 17.4 Å². The summed E-state index contributed by atoms with van der Waals surface area (Å²) in [5, 5.41) is 0. The van der Waals surface area contributed by atoms with E-state index < -0.39 is 17.0 Å². The van der Waals surface area contributed by atoms with Gasteiger partial charge in [-0.25, -0.2) is 8.57 Å². The fourth-order valence-corrected chi connectivity index (χ4v) is 2.00. The second-order valence-corrected chi connectivity index (χ2v) is 4.52. The van der Waals surface area contributed by atoms with Gasteiger partial charge in [0.2, 0.25) is 0 Å². The number of hydrogen-bond donors (Lipinski definition) is 1. The molecular formula is C10H12F3NO2S. The van der Waals surface area contributed by atoms with E-state index >= 15 is 0 Å². The Balaban J connectivity index is 2.78. The molecule has 3 nitrogen and oxygen atoms in total. The normalized spacial score (nSPS) is 13.6. The van der Waals surface area contributed by atoms with Crippen molar-refractivity contribution < 1.29 is 22.1 Å². The van der Waals surface area contributed by atoms with Crippen molar-refractivity contribution in [3.05, 3.63) is 24.3 Å². The fraction of sp³-hybridized carbons (Fsp3) is 0.400. The summed E-state index contributed by atoms with van der Waals surface area (Å²) in [7, 11) is -1.89. The highest BCUT2D eigenvalue weighted by atomic mass is 32.2. The van der Waals surface area contributed by atoms with Crippen molar-refractivity contribution in [2.24, 2.45) is 4.36 Å². The molecule has 7 heteroatoms. The van der Waals surface area contributed by atoms with Crippen LogP contribution in [0.15, 0.2) is 33.5 Å². The van der Waals surface area contributed by atoms with Gasteiger partial charge < -0.3 is 4.74 Å². The molecule has 1 aromatic rings. The van der Waals surface area contributed by atoms with E-state index in [1.807, 2.05) is 6.92 Å². The maximum atomic E-state index is 11.9. The summed E-state index contributed by atoms with van der Waals surface area (Å²) in [4.78, 5) is 0.392. The molecular weight excluding hydrogens is 255 g/mol. The van der Waals surface area contributed by atoms with Crippen molar-refractivity contribution in [1.29, 1.82) is 0 Å². The average molecular weight is 267 g/mol. The Morgan fingerprint density at radius 2 is 1.88 bits per heavy atom. The molecule has 0 fully saturated rings. The van der Waals surface area contributed by atoms with E-state index in [4.69, 9.17) is 0 Å². The quantitative estimate of drug-likeness (QED) is 0.852. The predicted octanol–water partition coefficient (Wildman–Crippen LogP) is 3.02. The van der Waals surface area contributed by atoms with Gasteiger partial charge in [-0.1, -0.05) is 6.92 Å². The second kappa shape index (κ2) is 5.90. The van der Waals surface area contributed by atoms with Crippen LogP contribution in [0, 0.1) is 0 Å². The molecule has 0 bridgehead atoms. The minimum Gasteiger partial charge on any atom is -0.406 e. The largest absolute Gasteiger partial charge is 0.573 e. The Morgan fingerprint density at radius 1 is 1.29 bits per heavy atom. The molecule has 1 rings (SSSR count). The molecule has 0 aliphatic rings. The van der Waals surface area contributed by atoms with Crippen LogP contribution in [0.5, 0.6) is 5.75 Å². The Hall–Kier alpha value is -1.24. The Kier molecular flexibility index (Phi) is 4.80. The number of thiol groups is 1. The molecule has 96 valence electrons. The standard InChI is InChI=1S/C10H12F3NO2S/c1-2-7-14-17(15)9-5-3-8(4-6-9)16-10(11,12)13/h3-6,17H,2,7H2,1H3. The first kappa shape index (κ1) is 13.8. The van der Waals surface area contributed by atoms with Crippen LogP contribution in [0.3, 0.4) is 0 Å². The van der Waals surface area contributed by atoms with Gasteiger partial charge in [-0.3, -0.25) is 0 Å². The lowest BCUT2D eigenvalue weighted by molar-refractivity contribution is -0.274. The molecule has 0 spiro atoms. The molecule has 1 unspecified atom stereocenters. The highest BCUT2D eigenvalue weighted by molar-refractivity contribution is 7.75. The molecule has 1 atom stereocenters. The monoisotopic (exact) mass is 267 g/mol. The lowest BCUT2D eigenvalue weighted by Crippen LogP contribution is -2.16. The van der Waals surface area contributed by atoms with Crippen LogP contribution in [0.1, 0.15) is 13.3 Å². The summed E-state index contributed by atoms with van der Waals surface area (Å²) in [6.07, 6.45) is -3.94. The highest BCUT2D eigenvalue weighted by Gasteiger charge is 2.30. The van der Waals surface area contributed by atoms with E-state index in [-0.39, 0.29) is 5.75 Å². The van der Waals surface area contributed by atoms with Crippen molar-refractivity contribution in [2.45, 2.75) is 24.6 Å². The summed E-state index contributed by atoms with van der Waals surface area (Å²) in [5.74, 6) is -0.333. The van der Waals surface area contributed by atoms with Crippen molar-refractivity contribution in [1.82, 2.24) is 0 Å². The van der Waals surface area contributed by atoms with Crippen molar-refractivity contribution >= 4 is 10.6 Å². The number of ether oxygens (including phenoxy) is 1. The van der Waals surface area contributed by atoms with Gasteiger partial charge >= 0.3 is 6.36 Å². The molecule has 0 aliphatic carbocycles. The third-order valence-electron chi connectivity index (χ3n) is 1.74. The van der Waals surface area contributed by atoms with E-state index in [1.54, 1.807) is 0 Å². The topological polar surface area (TPSA) is 38.7 Å². The predicted molar refractivity (Wildman–Crippen MR) is 58.5 cm³/mol. The van der Waals surface area contributed by atoms with Gasteiger partial charge in [0.15, 0.2) is 0 Å². The third kappa shape index (κ3) is 5.08. The Morgan fingerprint density at radius 3 is 2.35 bits per heavy atom. The first-order valence-corrected chi connectivity index (χ1v) is 6.14. The lowest BCUT2D eigenvalue weighted by Gasteiger charge is -2.08. The van der Waals surface area contributed by atoms with Gasteiger partial charge in [0, 0.05) is 11.4 Å². The molecule has 17 heavy (non-hydrogen) atoms. The SMILES string of the molecule is CCC/N=[SH](=O)\c1ccc(OC(F)(F)F)cc1. The first-order chi connectivity index (χ1) is 7.92. The van der Waals surface area contributed by atoms with Crippen LogP contribution in [0.2, 0.25) is 0 Å². The maximum Gasteiger partial charge on any atom is 0.573 e. The summed E-state index contributed by atoms with van der Waals surface area (Å²) < 4.78 is 54.7. The number of nitrogens with zero attached hydrogens (tertiary/aromatic N) is 1. The minimum atomic E-state index is -4.71. The minimum absolute atomic E-state index is 0.333. The smallest absolute Gasteiger partial charge is 0.406 e. The van der Waals surface area contributed by atoms with Gasteiger partial charge in [0.05, 0.1) is 10.6 Å². The van der Waals surface area contributed by atoms with Crippen molar-refractivity contribution in [2.75, 3.05) is 6.54 Å². The maximum absolute atomic E-state index is 11.9. The number of halogens is 3. The average Bonchev–Trinajstić information content (AvgIpc) is 2.24. The molecule has 0 radical (unpaired) electrons. The third-order valence-corrected chi connectivity index (χ3v) is 2.94. The van der Waals surface area contributed by atoms with Gasteiger partial charge in [-0.15, -0.1) is 13.2 Å². The zero-order chi connectivity index (χ0) is 12.9. The van der Waals surface area contributed by atoms with Crippen LogP contribution in [0.25, 0.3) is 0 Å². The molecule has 0 aliphatic heterocycles. The van der Waals surface area contributed by atoms with Crippen LogP contribution in [-0.4, -0.2) is 17.1 Å². The first-order valence-electron chi connectivity index (χ1n) is 4.93. The van der Waals surface area contributed by atoms with Crippen molar-refractivity contribution in [3.8, 4) is 5.75 Å². The second-order valence-electron chi connectivity index (χ2n) is 3.18. The summed E-state index contributed by atoms with van der Waals surface area (Å²) in [6, 6.07) is 4.88. The zero-order valence-corrected chi connectivity index (χ0v) is 9.96. The number of benzene rings is 1. The van der Waals surface area contributed by atoms with Crippen LogP contribution >= 0.6 is 0 Å². The summed E-state index contributed by atoms with van der Waals surface area (Å²) in [6.45, 7) is 2.36. The number of alkyl halides is 3. The van der Waals surface area contributed by atoms with Crippen LogP contribution in [-0.2, 0) is 10.6 Å². The van der Waals surface area contributed by atoms with Crippen molar-refractivity contribution in [3.63, 3.8) is 0 Å². The van der Waals surface area contributed by atoms with Crippen LogP contribution in [0.4, 0.5) is 13.2 Å². The Bertz CT molecular complexity index is 436. The van der Waals surface area contributed by atoms with E-state index in [0.717, 1.165) is 18.6 Å². The molecule has 0 heterocycles. The van der Waals surface area contributed by atoms with Gasteiger partial charge in [0.25, 0.3) is 0 Å². The van der Waals surface area contributed by atoms with E-state index in [2.05, 4.69) is 9.10 Å². The lowest BCUT2D eigenvalue weighted by atomic mass is 10.3. The zero-order valence-electron chi connectivity index (χ0n) is 9.07. The molecule has 0 amide bonds. The Labute approximate surface area is 98.8 Å². The highest BCUT2D eigenvalue weighted by Crippen LogP contribution is 2.23. The molecule has 0 aromatic heterocycles. The molecule has 0 saturated heterocycles. The molecule has 0 saturated carbocycles. The van der Waals surface area contributed by atoms with Crippen LogP contribution < -0.4 is 4.74 Å². The summed E-state index contributed by atoms with van der Waals surface area (Å²) in [5.41, 5.74) is 0. The van der Waals surface area contributed by atoms with Gasteiger partial charge in [-0.05, 0) is 30.7 Å². The fourth-order valence-electron chi connectivity index (χ4n) is 1.05. The number of rotatable bonds is 4. The van der Waals surface area contributed by atoms with E-state index in [1.165, 1.54) is 12.1 Å².